The molecule has 0 aliphatic carbocycles. The van der Waals surface area contributed by atoms with E-state index in [4.69, 9.17) is 0 Å². The van der Waals surface area contributed by atoms with Crippen LogP contribution in [-0.4, -0.2) is 16.5 Å². The van der Waals surface area contributed by atoms with Crippen molar-refractivity contribution in [2.45, 2.75) is 40.0 Å². The Hall–Kier alpha value is -2.10. The van der Waals surface area contributed by atoms with Gasteiger partial charge < -0.3 is 10.6 Å². The van der Waals surface area contributed by atoms with Crippen LogP contribution in [0.3, 0.4) is 0 Å². The van der Waals surface area contributed by atoms with Gasteiger partial charge >= 0.3 is 0 Å². The molecule has 21 heavy (non-hydrogen) atoms. The summed E-state index contributed by atoms with van der Waals surface area (Å²) in [5.41, 5.74) is 2.44. The summed E-state index contributed by atoms with van der Waals surface area (Å²) in [4.78, 5) is 8.89. The lowest BCUT2D eigenvalue weighted by molar-refractivity contribution is 0.922. The number of hydrogen-bond donors (Lipinski definition) is 2. The number of para-hydroxylation sites is 1. The van der Waals surface area contributed by atoms with E-state index in [9.17, 15) is 0 Å². The van der Waals surface area contributed by atoms with Crippen LogP contribution in [-0.2, 0) is 6.42 Å². The monoisotopic (exact) mass is 284 g/mol. The number of aryl methyl sites for hydroxylation is 2. The maximum absolute atomic E-state index is 4.48. The minimum Gasteiger partial charge on any atom is -0.370 e. The molecule has 0 fully saturated rings. The number of anilines is 3. The van der Waals surface area contributed by atoms with Gasteiger partial charge in [0.15, 0.2) is 0 Å². The SMILES string of the molecule is CCCNc1cc(Nc2ccccc2CCC)nc(C)n1. The maximum Gasteiger partial charge on any atom is 0.136 e. The Morgan fingerprint density at radius 3 is 2.52 bits per heavy atom. The highest BCUT2D eigenvalue weighted by molar-refractivity contribution is 5.62. The second kappa shape index (κ2) is 7.62. The van der Waals surface area contributed by atoms with Crippen LogP contribution in [0.15, 0.2) is 30.3 Å². The molecule has 0 amide bonds. The first kappa shape index (κ1) is 15.3. The number of benzene rings is 1. The molecule has 1 heterocycles. The molecule has 4 nitrogen and oxygen atoms in total. The third-order valence-corrected chi connectivity index (χ3v) is 3.19. The molecule has 2 rings (SSSR count). The molecule has 0 aliphatic rings. The van der Waals surface area contributed by atoms with Crippen molar-refractivity contribution in [3.63, 3.8) is 0 Å². The highest BCUT2D eigenvalue weighted by atomic mass is 15.1. The van der Waals surface area contributed by atoms with Gasteiger partial charge in [-0.15, -0.1) is 0 Å². The van der Waals surface area contributed by atoms with Gasteiger partial charge in [-0.3, -0.25) is 0 Å². The van der Waals surface area contributed by atoms with Crippen LogP contribution in [0.2, 0.25) is 0 Å². The summed E-state index contributed by atoms with van der Waals surface area (Å²) in [6.07, 6.45) is 3.27. The number of rotatable bonds is 7. The lowest BCUT2D eigenvalue weighted by atomic mass is 10.1. The summed E-state index contributed by atoms with van der Waals surface area (Å²) in [7, 11) is 0. The Kier molecular flexibility index (Phi) is 5.55. The van der Waals surface area contributed by atoms with Crippen molar-refractivity contribution in [1.29, 1.82) is 0 Å². The first-order chi connectivity index (χ1) is 10.2. The van der Waals surface area contributed by atoms with Crippen molar-refractivity contribution in [3.8, 4) is 0 Å². The first-order valence-electron chi connectivity index (χ1n) is 7.67. The van der Waals surface area contributed by atoms with E-state index in [1.807, 2.05) is 19.1 Å². The van der Waals surface area contributed by atoms with E-state index in [0.29, 0.717) is 0 Å². The van der Waals surface area contributed by atoms with Crippen LogP contribution in [0.5, 0.6) is 0 Å². The quantitative estimate of drug-likeness (QED) is 0.795. The summed E-state index contributed by atoms with van der Waals surface area (Å²) in [6.45, 7) is 7.17. The fourth-order valence-electron chi connectivity index (χ4n) is 2.24. The zero-order valence-electron chi connectivity index (χ0n) is 13.1. The fraction of sp³-hybridized carbons (Fsp3) is 0.412. The van der Waals surface area contributed by atoms with Crippen LogP contribution in [0.25, 0.3) is 0 Å². The molecule has 1 aromatic heterocycles. The molecule has 0 saturated carbocycles. The largest absolute Gasteiger partial charge is 0.370 e. The zero-order chi connectivity index (χ0) is 15.1. The second-order valence-electron chi connectivity index (χ2n) is 5.14. The Labute approximate surface area is 127 Å². The fourth-order valence-corrected chi connectivity index (χ4v) is 2.24. The van der Waals surface area contributed by atoms with E-state index in [-0.39, 0.29) is 0 Å². The third kappa shape index (κ3) is 4.45. The molecule has 4 heteroatoms. The summed E-state index contributed by atoms with van der Waals surface area (Å²) in [6, 6.07) is 10.4. The Morgan fingerprint density at radius 1 is 1.00 bits per heavy atom. The summed E-state index contributed by atoms with van der Waals surface area (Å²) in [5.74, 6) is 2.48. The van der Waals surface area contributed by atoms with Gasteiger partial charge in [-0.25, -0.2) is 9.97 Å². The normalized spacial score (nSPS) is 10.4. The van der Waals surface area contributed by atoms with Crippen molar-refractivity contribution in [3.05, 3.63) is 41.7 Å². The van der Waals surface area contributed by atoms with Gasteiger partial charge in [0.1, 0.15) is 17.5 Å². The summed E-state index contributed by atoms with van der Waals surface area (Å²) in [5, 5.41) is 6.73. The van der Waals surface area contributed by atoms with Crippen molar-refractivity contribution < 1.29 is 0 Å². The molecule has 0 spiro atoms. The summed E-state index contributed by atoms with van der Waals surface area (Å²) >= 11 is 0. The minimum absolute atomic E-state index is 0.770. The van der Waals surface area contributed by atoms with Crippen LogP contribution < -0.4 is 10.6 Å². The van der Waals surface area contributed by atoms with Gasteiger partial charge in [-0.05, 0) is 31.4 Å². The first-order valence-corrected chi connectivity index (χ1v) is 7.67. The van der Waals surface area contributed by atoms with Crippen LogP contribution in [0.1, 0.15) is 38.1 Å². The van der Waals surface area contributed by atoms with Crippen LogP contribution >= 0.6 is 0 Å². The van der Waals surface area contributed by atoms with Crippen LogP contribution in [0.4, 0.5) is 17.3 Å². The van der Waals surface area contributed by atoms with Crippen molar-refractivity contribution >= 4 is 17.3 Å². The molecule has 112 valence electrons. The Morgan fingerprint density at radius 2 is 1.76 bits per heavy atom. The highest BCUT2D eigenvalue weighted by Gasteiger charge is 2.05. The van der Waals surface area contributed by atoms with Gasteiger partial charge in [0.2, 0.25) is 0 Å². The highest BCUT2D eigenvalue weighted by Crippen LogP contribution is 2.22. The van der Waals surface area contributed by atoms with E-state index >= 15 is 0 Å². The topological polar surface area (TPSA) is 49.8 Å². The Balaban J connectivity index is 2.21. The molecule has 0 radical (unpaired) electrons. The number of hydrogen-bond acceptors (Lipinski definition) is 4. The van der Waals surface area contributed by atoms with Crippen LogP contribution in [0, 0.1) is 6.92 Å². The van der Waals surface area contributed by atoms with Gasteiger partial charge in [-0.2, -0.15) is 0 Å². The van der Waals surface area contributed by atoms with E-state index in [2.05, 4.69) is 52.6 Å². The van der Waals surface area contributed by atoms with Crippen molar-refractivity contribution in [2.75, 3.05) is 17.2 Å². The zero-order valence-corrected chi connectivity index (χ0v) is 13.1. The van der Waals surface area contributed by atoms with Gasteiger partial charge in [-0.1, -0.05) is 38.5 Å². The average molecular weight is 284 g/mol. The van der Waals surface area contributed by atoms with E-state index < -0.39 is 0 Å². The average Bonchev–Trinajstić information content (AvgIpc) is 2.47. The Bertz CT molecular complexity index is 581. The van der Waals surface area contributed by atoms with Gasteiger partial charge in [0.05, 0.1) is 0 Å². The number of aromatic nitrogens is 2. The molecule has 2 N–H and O–H groups in total. The smallest absolute Gasteiger partial charge is 0.136 e. The molecule has 1 aromatic carbocycles. The minimum atomic E-state index is 0.770. The lowest BCUT2D eigenvalue weighted by Gasteiger charge is -2.12. The molecule has 0 bridgehead atoms. The van der Waals surface area contributed by atoms with Crippen molar-refractivity contribution in [1.82, 2.24) is 9.97 Å². The lowest BCUT2D eigenvalue weighted by Crippen LogP contribution is -2.06. The second-order valence-corrected chi connectivity index (χ2v) is 5.14. The van der Waals surface area contributed by atoms with Gasteiger partial charge in [0.25, 0.3) is 0 Å². The molecule has 0 atom stereocenters. The number of nitrogens with zero attached hydrogens (tertiary/aromatic N) is 2. The van der Waals surface area contributed by atoms with E-state index in [1.54, 1.807) is 0 Å². The summed E-state index contributed by atoms with van der Waals surface area (Å²) < 4.78 is 0. The molecule has 0 saturated heterocycles. The van der Waals surface area contributed by atoms with E-state index in [0.717, 1.165) is 49.0 Å². The van der Waals surface area contributed by atoms with Gasteiger partial charge in [0, 0.05) is 18.3 Å². The molecular weight excluding hydrogens is 260 g/mol. The molecular formula is C17H24N4. The molecule has 2 aromatic rings. The standard InChI is InChI=1S/C17H24N4/c1-4-8-14-9-6-7-10-15(14)21-17-12-16(18-11-5-2)19-13(3)20-17/h6-7,9-10,12H,4-5,8,11H2,1-3H3,(H2,18,19,20,21). The third-order valence-electron chi connectivity index (χ3n) is 3.19. The molecule has 0 aliphatic heterocycles. The maximum atomic E-state index is 4.48. The predicted octanol–water partition coefficient (Wildman–Crippen LogP) is 4.30. The number of nitrogens with one attached hydrogen (secondary N) is 2. The van der Waals surface area contributed by atoms with Crippen molar-refractivity contribution in [2.24, 2.45) is 0 Å². The predicted molar refractivity (Wildman–Crippen MR) is 89.3 cm³/mol. The molecule has 0 unspecified atom stereocenters. The van der Waals surface area contributed by atoms with E-state index in [1.165, 1.54) is 5.56 Å².